The van der Waals surface area contributed by atoms with E-state index < -0.39 is 5.97 Å². The Balaban J connectivity index is 2.22. The Labute approximate surface area is 123 Å². The molecule has 0 spiro atoms. The first kappa shape index (κ1) is 15.3. The number of anilines is 1. The predicted molar refractivity (Wildman–Crippen MR) is 78.8 cm³/mol. The lowest BCUT2D eigenvalue weighted by molar-refractivity contribution is -0.0725. The molecule has 1 aliphatic rings. The standard InChI is InChI=1S/C15H20N2O4/c1-15(2)10-17(8-9-21-15)14(20)16(3)12-7-5-4-6-11(12)13(18)19/h4-7H,8-10H2,1-3H3,(H,18,19). The van der Waals surface area contributed by atoms with E-state index in [1.54, 1.807) is 30.1 Å². The highest BCUT2D eigenvalue weighted by molar-refractivity contribution is 6.01. The zero-order chi connectivity index (χ0) is 15.6. The Kier molecular flexibility index (Phi) is 4.18. The Morgan fingerprint density at radius 3 is 2.62 bits per heavy atom. The maximum Gasteiger partial charge on any atom is 0.337 e. The number of morpholine rings is 1. The summed E-state index contributed by atoms with van der Waals surface area (Å²) in [6, 6.07) is 6.26. The van der Waals surface area contributed by atoms with Crippen molar-refractivity contribution in [2.75, 3.05) is 31.6 Å². The van der Waals surface area contributed by atoms with Crippen molar-refractivity contribution in [2.24, 2.45) is 0 Å². The topological polar surface area (TPSA) is 70.1 Å². The summed E-state index contributed by atoms with van der Waals surface area (Å²) in [5.74, 6) is -1.05. The number of amides is 2. The van der Waals surface area contributed by atoms with Crippen LogP contribution in [0.1, 0.15) is 24.2 Å². The van der Waals surface area contributed by atoms with E-state index in [9.17, 15) is 14.7 Å². The highest BCUT2D eigenvalue weighted by Crippen LogP contribution is 2.23. The molecule has 21 heavy (non-hydrogen) atoms. The molecule has 1 fully saturated rings. The summed E-state index contributed by atoms with van der Waals surface area (Å²) in [5.41, 5.74) is 0.112. The summed E-state index contributed by atoms with van der Waals surface area (Å²) in [6.07, 6.45) is 0. The van der Waals surface area contributed by atoms with Crippen molar-refractivity contribution in [3.05, 3.63) is 29.8 Å². The van der Waals surface area contributed by atoms with Crippen molar-refractivity contribution in [1.29, 1.82) is 0 Å². The fourth-order valence-electron chi connectivity index (χ4n) is 2.44. The van der Waals surface area contributed by atoms with Crippen LogP contribution in [0, 0.1) is 0 Å². The van der Waals surface area contributed by atoms with Crippen LogP contribution in [0.15, 0.2) is 24.3 Å². The molecule has 1 aromatic carbocycles. The van der Waals surface area contributed by atoms with Gasteiger partial charge >= 0.3 is 12.0 Å². The molecule has 0 atom stereocenters. The zero-order valence-corrected chi connectivity index (χ0v) is 12.5. The highest BCUT2D eigenvalue weighted by atomic mass is 16.5. The van der Waals surface area contributed by atoms with Crippen LogP contribution in [0.2, 0.25) is 0 Å². The lowest BCUT2D eigenvalue weighted by Crippen LogP contribution is -2.54. The molecule has 6 heteroatoms. The van der Waals surface area contributed by atoms with Crippen molar-refractivity contribution < 1.29 is 19.4 Å². The van der Waals surface area contributed by atoms with E-state index >= 15 is 0 Å². The average molecular weight is 292 g/mol. The van der Waals surface area contributed by atoms with Crippen LogP contribution in [0.3, 0.4) is 0 Å². The monoisotopic (exact) mass is 292 g/mol. The number of nitrogens with zero attached hydrogens (tertiary/aromatic N) is 2. The number of hydrogen-bond donors (Lipinski definition) is 1. The number of carboxylic acids is 1. The molecule has 2 amide bonds. The van der Waals surface area contributed by atoms with Gasteiger partial charge in [-0.3, -0.25) is 4.90 Å². The quantitative estimate of drug-likeness (QED) is 0.905. The van der Waals surface area contributed by atoms with Crippen LogP contribution < -0.4 is 4.90 Å². The van der Waals surface area contributed by atoms with Crippen molar-refractivity contribution in [3.63, 3.8) is 0 Å². The molecule has 2 rings (SSSR count). The molecule has 0 bridgehead atoms. The number of ether oxygens (including phenoxy) is 1. The van der Waals surface area contributed by atoms with Crippen molar-refractivity contribution in [2.45, 2.75) is 19.4 Å². The minimum absolute atomic E-state index is 0.112. The second-order valence-electron chi connectivity index (χ2n) is 5.69. The summed E-state index contributed by atoms with van der Waals surface area (Å²) in [4.78, 5) is 26.9. The summed E-state index contributed by atoms with van der Waals surface area (Å²) in [7, 11) is 1.59. The van der Waals surface area contributed by atoms with Crippen LogP contribution >= 0.6 is 0 Å². The molecule has 0 radical (unpaired) electrons. The number of hydrogen-bond acceptors (Lipinski definition) is 3. The SMILES string of the molecule is CN(C(=O)N1CCOC(C)(C)C1)c1ccccc1C(=O)O. The van der Waals surface area contributed by atoms with Gasteiger partial charge in [0.2, 0.25) is 0 Å². The van der Waals surface area contributed by atoms with Crippen LogP contribution in [0.5, 0.6) is 0 Å². The van der Waals surface area contributed by atoms with E-state index in [4.69, 9.17) is 4.74 Å². The van der Waals surface area contributed by atoms with Gasteiger partial charge in [-0.1, -0.05) is 12.1 Å². The summed E-state index contributed by atoms with van der Waals surface area (Å²) in [6.45, 7) is 5.32. The Morgan fingerprint density at radius 2 is 2.00 bits per heavy atom. The third-order valence-electron chi connectivity index (χ3n) is 3.48. The number of carboxylic acid groups (broad SMARTS) is 1. The maximum absolute atomic E-state index is 12.6. The minimum Gasteiger partial charge on any atom is -0.478 e. The van der Waals surface area contributed by atoms with Crippen LogP contribution in [-0.2, 0) is 4.74 Å². The Morgan fingerprint density at radius 1 is 1.33 bits per heavy atom. The van der Waals surface area contributed by atoms with Gasteiger partial charge in [-0.25, -0.2) is 9.59 Å². The largest absolute Gasteiger partial charge is 0.478 e. The molecule has 1 N–H and O–H groups in total. The molecule has 0 aromatic heterocycles. The van der Waals surface area contributed by atoms with Gasteiger partial charge in [0.05, 0.1) is 30.0 Å². The molecule has 1 heterocycles. The molecule has 0 aliphatic carbocycles. The van der Waals surface area contributed by atoms with Crippen molar-refractivity contribution in [1.82, 2.24) is 4.90 Å². The summed E-state index contributed by atoms with van der Waals surface area (Å²) < 4.78 is 5.59. The number of urea groups is 1. The molecule has 0 saturated carbocycles. The van der Waals surface area contributed by atoms with Gasteiger partial charge in [-0.15, -0.1) is 0 Å². The lowest BCUT2D eigenvalue weighted by Gasteiger charge is -2.39. The molecule has 1 saturated heterocycles. The number of benzene rings is 1. The zero-order valence-electron chi connectivity index (χ0n) is 12.5. The second-order valence-corrected chi connectivity index (χ2v) is 5.69. The molecule has 114 valence electrons. The fraction of sp³-hybridized carbons (Fsp3) is 0.467. The molecule has 0 unspecified atom stereocenters. The average Bonchev–Trinajstić information content (AvgIpc) is 2.44. The van der Waals surface area contributed by atoms with E-state index in [0.717, 1.165) is 0 Å². The first-order valence-corrected chi connectivity index (χ1v) is 6.81. The van der Waals surface area contributed by atoms with Gasteiger partial charge in [-0.05, 0) is 26.0 Å². The van der Waals surface area contributed by atoms with Gasteiger partial charge in [0.1, 0.15) is 0 Å². The van der Waals surface area contributed by atoms with E-state index in [1.807, 2.05) is 13.8 Å². The van der Waals surface area contributed by atoms with E-state index in [2.05, 4.69) is 0 Å². The summed E-state index contributed by atoms with van der Waals surface area (Å²) >= 11 is 0. The maximum atomic E-state index is 12.6. The smallest absolute Gasteiger partial charge is 0.337 e. The number of rotatable bonds is 2. The van der Waals surface area contributed by atoms with Gasteiger partial charge in [0.25, 0.3) is 0 Å². The van der Waals surface area contributed by atoms with E-state index in [0.29, 0.717) is 25.4 Å². The van der Waals surface area contributed by atoms with E-state index in [-0.39, 0.29) is 17.2 Å². The van der Waals surface area contributed by atoms with Gasteiger partial charge < -0.3 is 14.7 Å². The molecule has 1 aromatic rings. The van der Waals surface area contributed by atoms with Crippen LogP contribution in [-0.4, -0.2) is 54.4 Å². The minimum atomic E-state index is -1.05. The first-order valence-electron chi connectivity index (χ1n) is 6.81. The number of aromatic carboxylic acids is 1. The van der Waals surface area contributed by atoms with Crippen LogP contribution in [0.4, 0.5) is 10.5 Å². The first-order chi connectivity index (χ1) is 9.82. The molecular formula is C15H20N2O4. The fourth-order valence-corrected chi connectivity index (χ4v) is 2.44. The predicted octanol–water partition coefficient (Wildman–Crippen LogP) is 2.05. The molecular weight excluding hydrogens is 272 g/mol. The van der Waals surface area contributed by atoms with Crippen molar-refractivity contribution >= 4 is 17.7 Å². The van der Waals surface area contributed by atoms with Crippen LogP contribution in [0.25, 0.3) is 0 Å². The number of carbonyl (C=O) groups excluding carboxylic acids is 1. The third-order valence-corrected chi connectivity index (χ3v) is 3.48. The van der Waals surface area contributed by atoms with Crippen molar-refractivity contribution in [3.8, 4) is 0 Å². The summed E-state index contributed by atoms with van der Waals surface area (Å²) in [5, 5.41) is 9.22. The normalized spacial score (nSPS) is 17.4. The molecule has 1 aliphatic heterocycles. The van der Waals surface area contributed by atoms with Gasteiger partial charge in [-0.2, -0.15) is 0 Å². The number of para-hydroxylation sites is 1. The van der Waals surface area contributed by atoms with E-state index in [1.165, 1.54) is 11.0 Å². The Bertz CT molecular complexity index is 556. The Hall–Kier alpha value is -2.08. The molecule has 6 nitrogen and oxygen atoms in total. The van der Waals surface area contributed by atoms with Gasteiger partial charge in [0, 0.05) is 13.6 Å². The number of carbonyl (C=O) groups is 2. The lowest BCUT2D eigenvalue weighted by atomic mass is 10.1. The van der Waals surface area contributed by atoms with Gasteiger partial charge in [0.15, 0.2) is 0 Å². The second kappa shape index (κ2) is 5.73. The third kappa shape index (κ3) is 3.33. The highest BCUT2D eigenvalue weighted by Gasteiger charge is 2.32.